The Bertz CT molecular complexity index is 615. The van der Waals surface area contributed by atoms with Gasteiger partial charge in [0.05, 0.1) is 12.8 Å². The molecule has 0 saturated heterocycles. The molecule has 3 rings (SSSR count). The van der Waals surface area contributed by atoms with Gasteiger partial charge in [-0.1, -0.05) is 18.2 Å². The summed E-state index contributed by atoms with van der Waals surface area (Å²) in [7, 11) is 0. The molecule has 0 fully saturated rings. The Morgan fingerprint density at radius 1 is 1.40 bits per heavy atom. The topological polar surface area (TPSA) is 34.1 Å². The summed E-state index contributed by atoms with van der Waals surface area (Å²) in [6.07, 6.45) is 2.92. The fourth-order valence-electron chi connectivity index (χ4n) is 2.58. The predicted octanol–water partition coefficient (Wildman–Crippen LogP) is 3.51. The number of fused-ring (bicyclic) bond motifs is 1. The quantitative estimate of drug-likeness (QED) is 0.925. The Morgan fingerprint density at radius 3 is 3.15 bits per heavy atom. The minimum Gasteiger partial charge on any atom is -0.492 e. The summed E-state index contributed by atoms with van der Waals surface area (Å²) in [5.74, 6) is 0.605. The Morgan fingerprint density at radius 2 is 2.30 bits per heavy atom. The summed E-state index contributed by atoms with van der Waals surface area (Å²) < 4.78 is 20.2. The summed E-state index contributed by atoms with van der Waals surface area (Å²) in [4.78, 5) is 4.06. The fraction of sp³-hybridized carbons (Fsp3) is 0.312. The monoisotopic (exact) mass is 272 g/mol. The van der Waals surface area contributed by atoms with E-state index in [1.807, 2.05) is 25.1 Å². The standard InChI is InChI=1S/C16H17FN2O/c1-2-20-13-8-12(9-18-10-13)15(17)14-5-3-4-11-6-7-19-16(11)14/h3-5,8-10,15,19H,2,6-7H2,1H3. The van der Waals surface area contributed by atoms with Crippen molar-refractivity contribution in [2.45, 2.75) is 19.5 Å². The first-order valence-electron chi connectivity index (χ1n) is 6.87. The van der Waals surface area contributed by atoms with Crippen molar-refractivity contribution >= 4 is 5.69 Å². The van der Waals surface area contributed by atoms with E-state index in [1.165, 1.54) is 5.56 Å². The highest BCUT2D eigenvalue weighted by atomic mass is 19.1. The van der Waals surface area contributed by atoms with Crippen LogP contribution < -0.4 is 10.1 Å². The zero-order valence-electron chi connectivity index (χ0n) is 11.4. The number of hydrogen-bond donors (Lipinski definition) is 1. The lowest BCUT2D eigenvalue weighted by Crippen LogP contribution is -2.02. The van der Waals surface area contributed by atoms with Crippen molar-refractivity contribution in [1.29, 1.82) is 0 Å². The number of hydrogen-bond acceptors (Lipinski definition) is 3. The zero-order chi connectivity index (χ0) is 13.9. The number of halogens is 1. The number of aromatic nitrogens is 1. The largest absolute Gasteiger partial charge is 0.492 e. The number of nitrogens with one attached hydrogen (secondary N) is 1. The molecule has 4 heteroatoms. The van der Waals surface area contributed by atoms with E-state index in [2.05, 4.69) is 10.3 Å². The van der Waals surface area contributed by atoms with Crippen molar-refractivity contribution in [1.82, 2.24) is 4.98 Å². The van der Waals surface area contributed by atoms with E-state index in [-0.39, 0.29) is 0 Å². The molecular formula is C16H17FN2O. The third-order valence-corrected chi connectivity index (χ3v) is 3.49. The lowest BCUT2D eigenvalue weighted by molar-refractivity contribution is 0.335. The Kier molecular flexibility index (Phi) is 3.54. The van der Waals surface area contributed by atoms with Crippen LogP contribution in [-0.2, 0) is 6.42 Å². The van der Waals surface area contributed by atoms with Crippen LogP contribution in [0.15, 0.2) is 36.7 Å². The number of para-hydroxylation sites is 1. The molecule has 0 radical (unpaired) electrons. The zero-order valence-corrected chi connectivity index (χ0v) is 11.4. The highest BCUT2D eigenvalue weighted by Crippen LogP contribution is 2.36. The van der Waals surface area contributed by atoms with Gasteiger partial charge >= 0.3 is 0 Å². The lowest BCUT2D eigenvalue weighted by Gasteiger charge is -2.14. The van der Waals surface area contributed by atoms with Crippen molar-refractivity contribution in [2.75, 3.05) is 18.5 Å². The summed E-state index contributed by atoms with van der Waals surface area (Å²) in [6, 6.07) is 7.50. The normalized spacial score (nSPS) is 14.5. The van der Waals surface area contributed by atoms with Gasteiger partial charge in [0.15, 0.2) is 6.17 Å². The third-order valence-electron chi connectivity index (χ3n) is 3.49. The molecule has 104 valence electrons. The van der Waals surface area contributed by atoms with Crippen LogP contribution in [0.25, 0.3) is 0 Å². The van der Waals surface area contributed by atoms with Crippen LogP contribution in [-0.4, -0.2) is 18.1 Å². The van der Waals surface area contributed by atoms with Crippen LogP contribution in [0.1, 0.15) is 29.8 Å². The molecule has 1 aliphatic rings. The number of alkyl halides is 1. The Labute approximate surface area is 117 Å². The van der Waals surface area contributed by atoms with E-state index in [0.29, 0.717) is 23.5 Å². The average Bonchev–Trinajstić information content (AvgIpc) is 2.95. The van der Waals surface area contributed by atoms with Gasteiger partial charge in [-0.15, -0.1) is 0 Å². The molecule has 1 aliphatic heterocycles. The van der Waals surface area contributed by atoms with Crippen LogP contribution in [0.2, 0.25) is 0 Å². The van der Waals surface area contributed by atoms with Crippen molar-refractivity contribution in [3.8, 4) is 5.75 Å². The average molecular weight is 272 g/mol. The Hall–Kier alpha value is -2.10. The first kappa shape index (κ1) is 12.9. The van der Waals surface area contributed by atoms with Crippen molar-refractivity contribution in [3.63, 3.8) is 0 Å². The molecule has 0 bridgehead atoms. The number of pyridine rings is 1. The van der Waals surface area contributed by atoms with Gasteiger partial charge in [-0.25, -0.2) is 4.39 Å². The maximum Gasteiger partial charge on any atom is 0.154 e. The molecule has 2 aromatic rings. The SMILES string of the molecule is CCOc1cncc(C(F)c2cccc3c2NCC3)c1. The van der Waals surface area contributed by atoms with Gasteiger partial charge in [0.25, 0.3) is 0 Å². The molecule has 1 aromatic carbocycles. The van der Waals surface area contributed by atoms with Gasteiger partial charge in [-0.3, -0.25) is 4.98 Å². The number of rotatable bonds is 4. The molecular weight excluding hydrogens is 255 g/mol. The van der Waals surface area contributed by atoms with Crippen LogP contribution in [0.3, 0.4) is 0 Å². The highest BCUT2D eigenvalue weighted by Gasteiger charge is 2.22. The maximum absolute atomic E-state index is 14.8. The number of nitrogens with zero attached hydrogens (tertiary/aromatic N) is 1. The number of anilines is 1. The predicted molar refractivity (Wildman–Crippen MR) is 77.0 cm³/mol. The second kappa shape index (κ2) is 5.49. The van der Waals surface area contributed by atoms with Gasteiger partial charge < -0.3 is 10.1 Å². The lowest BCUT2D eigenvalue weighted by atomic mass is 10.00. The molecule has 1 aromatic heterocycles. The van der Waals surface area contributed by atoms with Crippen LogP contribution >= 0.6 is 0 Å². The third kappa shape index (κ3) is 2.33. The molecule has 0 saturated carbocycles. The van der Waals surface area contributed by atoms with Gasteiger partial charge in [-0.2, -0.15) is 0 Å². The van der Waals surface area contributed by atoms with E-state index in [9.17, 15) is 4.39 Å². The molecule has 1 atom stereocenters. The summed E-state index contributed by atoms with van der Waals surface area (Å²) >= 11 is 0. The molecule has 1 N–H and O–H groups in total. The second-order valence-electron chi connectivity index (χ2n) is 4.81. The van der Waals surface area contributed by atoms with E-state index in [1.54, 1.807) is 18.5 Å². The first-order valence-corrected chi connectivity index (χ1v) is 6.87. The fourth-order valence-corrected chi connectivity index (χ4v) is 2.58. The maximum atomic E-state index is 14.8. The summed E-state index contributed by atoms with van der Waals surface area (Å²) in [6.45, 7) is 3.31. The van der Waals surface area contributed by atoms with Gasteiger partial charge in [0, 0.05) is 29.6 Å². The molecule has 2 heterocycles. The van der Waals surface area contributed by atoms with Crippen LogP contribution in [0, 0.1) is 0 Å². The van der Waals surface area contributed by atoms with Crippen molar-refractivity contribution in [2.24, 2.45) is 0 Å². The smallest absolute Gasteiger partial charge is 0.154 e. The molecule has 20 heavy (non-hydrogen) atoms. The van der Waals surface area contributed by atoms with Crippen LogP contribution in [0.4, 0.5) is 10.1 Å². The Balaban J connectivity index is 1.95. The van der Waals surface area contributed by atoms with Crippen molar-refractivity contribution in [3.05, 3.63) is 53.3 Å². The molecule has 1 unspecified atom stereocenters. The van der Waals surface area contributed by atoms with Crippen LogP contribution in [0.5, 0.6) is 5.75 Å². The minimum absolute atomic E-state index is 0.526. The van der Waals surface area contributed by atoms with E-state index in [0.717, 1.165) is 18.7 Å². The summed E-state index contributed by atoms with van der Waals surface area (Å²) in [5.41, 5.74) is 3.31. The first-order chi connectivity index (χ1) is 9.79. The van der Waals surface area contributed by atoms with Gasteiger partial charge in [-0.05, 0) is 25.0 Å². The highest BCUT2D eigenvalue weighted by molar-refractivity contribution is 5.63. The molecule has 0 amide bonds. The second-order valence-corrected chi connectivity index (χ2v) is 4.81. The number of benzene rings is 1. The van der Waals surface area contributed by atoms with Gasteiger partial charge in [0.2, 0.25) is 0 Å². The van der Waals surface area contributed by atoms with Gasteiger partial charge in [0.1, 0.15) is 5.75 Å². The van der Waals surface area contributed by atoms with E-state index >= 15 is 0 Å². The molecule has 0 spiro atoms. The molecule has 3 nitrogen and oxygen atoms in total. The number of ether oxygens (including phenoxy) is 1. The van der Waals surface area contributed by atoms with E-state index < -0.39 is 6.17 Å². The minimum atomic E-state index is -1.19. The van der Waals surface area contributed by atoms with E-state index in [4.69, 9.17) is 4.74 Å². The van der Waals surface area contributed by atoms with Crippen molar-refractivity contribution < 1.29 is 9.13 Å². The molecule has 0 aliphatic carbocycles. The summed E-state index contributed by atoms with van der Waals surface area (Å²) in [5, 5.41) is 3.27.